The Kier molecular flexibility index (Phi) is 2.64. The number of hydrogen-bond donors (Lipinski definition) is 1. The van der Waals surface area contributed by atoms with Gasteiger partial charge in [-0.05, 0) is 13.0 Å². The molecule has 2 rings (SSSR count). The lowest BCUT2D eigenvalue weighted by Gasteiger charge is -2.02. The molecule has 0 saturated heterocycles. The highest BCUT2D eigenvalue weighted by Gasteiger charge is 2.14. The molecule has 0 saturated carbocycles. The molecule has 78 valence electrons. The maximum atomic E-state index is 6.09. The van der Waals surface area contributed by atoms with Gasteiger partial charge < -0.3 is 9.84 Å². The smallest absolute Gasteiger partial charge is 0.157 e. The Bertz CT molecular complexity index is 479. The molecular formula is C11H11ClN2O. The van der Waals surface area contributed by atoms with Gasteiger partial charge in [-0.3, -0.25) is 0 Å². The van der Waals surface area contributed by atoms with E-state index in [9.17, 15) is 0 Å². The molecule has 0 amide bonds. The van der Waals surface area contributed by atoms with Crippen LogP contribution in [-0.2, 0) is 0 Å². The zero-order valence-electron chi connectivity index (χ0n) is 8.54. The summed E-state index contributed by atoms with van der Waals surface area (Å²) in [5.74, 6) is 0.757. The Hall–Kier alpha value is -1.48. The second kappa shape index (κ2) is 3.95. The summed E-state index contributed by atoms with van der Waals surface area (Å²) in [6.07, 6.45) is 0. The molecule has 1 heterocycles. The van der Waals surface area contributed by atoms with Gasteiger partial charge in [0, 0.05) is 12.6 Å². The fourth-order valence-corrected chi connectivity index (χ4v) is 1.73. The van der Waals surface area contributed by atoms with Crippen molar-refractivity contribution in [1.82, 2.24) is 5.16 Å². The molecule has 0 radical (unpaired) electrons. The molecule has 3 nitrogen and oxygen atoms in total. The Morgan fingerprint density at radius 3 is 2.73 bits per heavy atom. The molecular weight excluding hydrogens is 212 g/mol. The Morgan fingerprint density at radius 2 is 2.07 bits per heavy atom. The van der Waals surface area contributed by atoms with Gasteiger partial charge >= 0.3 is 0 Å². The van der Waals surface area contributed by atoms with Crippen molar-refractivity contribution in [3.05, 3.63) is 35.0 Å². The first-order chi connectivity index (χ1) is 7.24. The van der Waals surface area contributed by atoms with Crippen LogP contribution in [0.25, 0.3) is 11.3 Å². The Balaban J connectivity index is 2.59. The summed E-state index contributed by atoms with van der Waals surface area (Å²) in [7, 11) is 1.83. The summed E-state index contributed by atoms with van der Waals surface area (Å²) in [4.78, 5) is 0. The van der Waals surface area contributed by atoms with Crippen molar-refractivity contribution in [3.63, 3.8) is 0 Å². The molecule has 4 heteroatoms. The number of anilines is 1. The summed E-state index contributed by atoms with van der Waals surface area (Å²) in [6.45, 7) is 1.86. The van der Waals surface area contributed by atoms with E-state index in [0.29, 0.717) is 5.02 Å². The zero-order chi connectivity index (χ0) is 10.8. The van der Waals surface area contributed by atoms with Crippen LogP contribution in [0.15, 0.2) is 28.8 Å². The Labute approximate surface area is 93.0 Å². The van der Waals surface area contributed by atoms with Crippen LogP contribution in [0, 0.1) is 6.92 Å². The van der Waals surface area contributed by atoms with Gasteiger partial charge in [-0.25, -0.2) is 0 Å². The minimum absolute atomic E-state index is 0.669. The molecule has 0 unspecified atom stereocenters. The molecule has 0 fully saturated rings. The monoisotopic (exact) mass is 222 g/mol. The zero-order valence-corrected chi connectivity index (χ0v) is 9.30. The standard InChI is InChI=1S/C11H11ClN2O/c1-7-10(13-2)11(14-15-7)8-5-3-4-6-9(8)12/h3-6,13H,1-2H3. The third-order valence-electron chi connectivity index (χ3n) is 2.24. The second-order valence-corrected chi connectivity index (χ2v) is 3.60. The predicted octanol–water partition coefficient (Wildman–Crippen LogP) is 3.35. The normalized spacial score (nSPS) is 10.3. The van der Waals surface area contributed by atoms with Gasteiger partial charge in [-0.2, -0.15) is 0 Å². The van der Waals surface area contributed by atoms with Crippen LogP contribution in [0.5, 0.6) is 0 Å². The number of rotatable bonds is 2. The van der Waals surface area contributed by atoms with Gasteiger partial charge in [0.05, 0.1) is 5.02 Å². The van der Waals surface area contributed by atoms with Crippen molar-refractivity contribution < 1.29 is 4.52 Å². The van der Waals surface area contributed by atoms with E-state index in [2.05, 4.69) is 10.5 Å². The average Bonchev–Trinajstić information content (AvgIpc) is 2.60. The SMILES string of the molecule is CNc1c(-c2ccccc2Cl)noc1C. The van der Waals surface area contributed by atoms with Crippen LogP contribution < -0.4 is 5.32 Å². The van der Waals surface area contributed by atoms with E-state index in [4.69, 9.17) is 16.1 Å². The minimum atomic E-state index is 0.669. The second-order valence-electron chi connectivity index (χ2n) is 3.19. The molecule has 0 aliphatic heterocycles. The van der Waals surface area contributed by atoms with Gasteiger partial charge in [0.2, 0.25) is 0 Å². The molecule has 1 aromatic heterocycles. The first-order valence-electron chi connectivity index (χ1n) is 4.63. The number of aryl methyl sites for hydroxylation is 1. The number of nitrogens with zero attached hydrogens (tertiary/aromatic N) is 1. The van der Waals surface area contributed by atoms with Crippen molar-refractivity contribution in [3.8, 4) is 11.3 Å². The van der Waals surface area contributed by atoms with Crippen molar-refractivity contribution in [2.24, 2.45) is 0 Å². The third-order valence-corrected chi connectivity index (χ3v) is 2.57. The Morgan fingerprint density at radius 1 is 1.33 bits per heavy atom. The number of nitrogens with one attached hydrogen (secondary N) is 1. The van der Waals surface area contributed by atoms with Gasteiger partial charge in [-0.15, -0.1) is 0 Å². The number of benzene rings is 1. The summed E-state index contributed by atoms with van der Waals surface area (Å²) in [5.41, 5.74) is 2.50. The van der Waals surface area contributed by atoms with E-state index in [-0.39, 0.29) is 0 Å². The summed E-state index contributed by atoms with van der Waals surface area (Å²) < 4.78 is 5.12. The predicted molar refractivity (Wildman–Crippen MR) is 61.2 cm³/mol. The lowest BCUT2D eigenvalue weighted by atomic mass is 10.1. The van der Waals surface area contributed by atoms with E-state index < -0.39 is 0 Å². The summed E-state index contributed by atoms with van der Waals surface area (Å²) in [6, 6.07) is 7.56. The van der Waals surface area contributed by atoms with Crippen LogP contribution in [0.3, 0.4) is 0 Å². The van der Waals surface area contributed by atoms with Gasteiger partial charge in [0.1, 0.15) is 11.4 Å². The fraction of sp³-hybridized carbons (Fsp3) is 0.182. The van der Waals surface area contributed by atoms with Crippen LogP contribution in [0.4, 0.5) is 5.69 Å². The number of aromatic nitrogens is 1. The van der Waals surface area contributed by atoms with Crippen LogP contribution in [-0.4, -0.2) is 12.2 Å². The summed E-state index contributed by atoms with van der Waals surface area (Å²) in [5, 5.41) is 7.72. The molecule has 0 bridgehead atoms. The van der Waals surface area contributed by atoms with E-state index in [0.717, 1.165) is 22.7 Å². The highest BCUT2D eigenvalue weighted by atomic mass is 35.5. The fourth-order valence-electron chi connectivity index (χ4n) is 1.50. The number of hydrogen-bond acceptors (Lipinski definition) is 3. The number of halogens is 1. The lowest BCUT2D eigenvalue weighted by molar-refractivity contribution is 0.400. The van der Waals surface area contributed by atoms with E-state index >= 15 is 0 Å². The topological polar surface area (TPSA) is 38.1 Å². The van der Waals surface area contributed by atoms with Crippen molar-refractivity contribution in [1.29, 1.82) is 0 Å². The first-order valence-corrected chi connectivity index (χ1v) is 5.00. The molecule has 1 N–H and O–H groups in total. The van der Waals surface area contributed by atoms with Crippen molar-refractivity contribution in [2.45, 2.75) is 6.92 Å². The van der Waals surface area contributed by atoms with Gasteiger partial charge in [0.25, 0.3) is 0 Å². The molecule has 0 atom stereocenters. The maximum Gasteiger partial charge on any atom is 0.157 e. The van der Waals surface area contributed by atoms with Crippen molar-refractivity contribution >= 4 is 17.3 Å². The molecule has 0 aliphatic carbocycles. The molecule has 2 aromatic rings. The van der Waals surface area contributed by atoms with E-state index in [1.54, 1.807) is 0 Å². The highest BCUT2D eigenvalue weighted by Crippen LogP contribution is 2.33. The maximum absolute atomic E-state index is 6.09. The van der Waals surface area contributed by atoms with Crippen LogP contribution in [0.1, 0.15) is 5.76 Å². The third kappa shape index (κ3) is 1.70. The van der Waals surface area contributed by atoms with Crippen molar-refractivity contribution in [2.75, 3.05) is 12.4 Å². The first kappa shape index (κ1) is 10.1. The molecule has 0 spiro atoms. The highest BCUT2D eigenvalue weighted by molar-refractivity contribution is 6.33. The van der Waals surface area contributed by atoms with Crippen LogP contribution >= 0.6 is 11.6 Å². The molecule has 0 aliphatic rings. The largest absolute Gasteiger partial charge is 0.383 e. The van der Waals surface area contributed by atoms with Crippen LogP contribution in [0.2, 0.25) is 5.02 Å². The quantitative estimate of drug-likeness (QED) is 0.847. The van der Waals surface area contributed by atoms with E-state index in [1.807, 2.05) is 38.2 Å². The average molecular weight is 223 g/mol. The van der Waals surface area contributed by atoms with E-state index in [1.165, 1.54) is 0 Å². The lowest BCUT2D eigenvalue weighted by Crippen LogP contribution is -1.91. The minimum Gasteiger partial charge on any atom is -0.383 e. The van der Waals surface area contributed by atoms with Gasteiger partial charge in [0.15, 0.2) is 5.76 Å². The summed E-state index contributed by atoms with van der Waals surface area (Å²) >= 11 is 6.09. The molecule has 1 aromatic carbocycles. The molecule has 15 heavy (non-hydrogen) atoms. The van der Waals surface area contributed by atoms with Gasteiger partial charge in [-0.1, -0.05) is 35.0 Å².